The van der Waals surface area contributed by atoms with Gasteiger partial charge in [-0.05, 0) is 32.0 Å². The van der Waals surface area contributed by atoms with Crippen LogP contribution in [0, 0.1) is 6.92 Å². The maximum atomic E-state index is 12.9. The Morgan fingerprint density at radius 3 is 2.68 bits per heavy atom. The molecule has 0 atom stereocenters. The van der Waals surface area contributed by atoms with E-state index in [1.165, 1.54) is 0 Å². The summed E-state index contributed by atoms with van der Waals surface area (Å²) in [6.45, 7) is 3.97. The van der Waals surface area contributed by atoms with E-state index in [0.717, 1.165) is 17.3 Å². The summed E-state index contributed by atoms with van der Waals surface area (Å²) in [5.41, 5.74) is 2.01. The Hall–Kier alpha value is -3.20. The minimum absolute atomic E-state index is 0.0841. The van der Waals surface area contributed by atoms with E-state index in [9.17, 15) is 14.4 Å². The number of allylic oxidation sites excluding steroid dienone is 2. The van der Waals surface area contributed by atoms with Gasteiger partial charge in [0.1, 0.15) is 11.6 Å². The predicted molar refractivity (Wildman–Crippen MR) is 120 cm³/mol. The second kappa shape index (κ2) is 10.2. The summed E-state index contributed by atoms with van der Waals surface area (Å²) in [4.78, 5) is 48.5. The largest absolute Gasteiger partial charge is 0.361 e. The fraction of sp³-hybridized carbons (Fsp3) is 0.318. The van der Waals surface area contributed by atoms with Gasteiger partial charge in [-0.15, -0.1) is 0 Å². The van der Waals surface area contributed by atoms with Crippen LogP contribution in [0.4, 0.5) is 5.82 Å². The molecule has 3 rings (SSSR count). The Labute approximate surface area is 185 Å². The summed E-state index contributed by atoms with van der Waals surface area (Å²) in [6.07, 6.45) is 2.27. The first-order valence-corrected chi connectivity index (χ1v) is 10.7. The van der Waals surface area contributed by atoms with Gasteiger partial charge in [0, 0.05) is 41.4 Å². The molecule has 0 radical (unpaired) electrons. The molecule has 9 heteroatoms. The number of benzene rings is 1. The summed E-state index contributed by atoms with van der Waals surface area (Å²) >= 11 is 1.06. The van der Waals surface area contributed by atoms with Gasteiger partial charge >= 0.3 is 0 Å². The number of carbonyl (C=O) groups is 3. The molecule has 2 N–H and O–H groups in total. The van der Waals surface area contributed by atoms with Crippen LogP contribution >= 0.6 is 11.8 Å². The monoisotopic (exact) mass is 439 g/mol. The van der Waals surface area contributed by atoms with Crippen LogP contribution in [0.1, 0.15) is 41.5 Å². The third-order valence-corrected chi connectivity index (χ3v) is 6.08. The number of nitrogens with one attached hydrogen (secondary N) is 2. The third kappa shape index (κ3) is 5.69. The van der Waals surface area contributed by atoms with Crippen LogP contribution in [0.25, 0.3) is 0 Å². The summed E-state index contributed by atoms with van der Waals surface area (Å²) in [7, 11) is 1.57. The average molecular weight is 440 g/mol. The number of aryl methyl sites for hydroxylation is 1. The Balaban J connectivity index is 1.92. The lowest BCUT2D eigenvalue weighted by molar-refractivity contribution is -0.127. The lowest BCUT2D eigenvalue weighted by atomic mass is 10.2. The topological polar surface area (TPSA) is 104 Å². The normalized spacial score (nSPS) is 14.2. The quantitative estimate of drug-likeness (QED) is 0.713. The van der Waals surface area contributed by atoms with Crippen LogP contribution in [-0.4, -0.2) is 45.4 Å². The fourth-order valence-corrected chi connectivity index (χ4v) is 4.08. The van der Waals surface area contributed by atoms with Gasteiger partial charge in [0.25, 0.3) is 0 Å². The third-order valence-electron chi connectivity index (χ3n) is 4.91. The zero-order valence-electron chi connectivity index (χ0n) is 17.8. The maximum Gasteiger partial charge on any atom is 0.246 e. The summed E-state index contributed by atoms with van der Waals surface area (Å²) in [6, 6.07) is 8.95. The highest BCUT2D eigenvalue weighted by molar-refractivity contribution is 8.17. The number of carbonyl (C=O) groups excluding carboxylic acids is 3. The van der Waals surface area contributed by atoms with Gasteiger partial charge in [0.05, 0.1) is 13.1 Å². The molecule has 1 aliphatic rings. The molecule has 1 aromatic heterocycles. The predicted octanol–water partition coefficient (Wildman–Crippen LogP) is 2.87. The van der Waals surface area contributed by atoms with E-state index in [-0.39, 0.29) is 36.4 Å². The number of thioether (sulfide) groups is 1. The molecule has 0 saturated carbocycles. The standard InChI is InChI=1S/C22H25N5O3S/c1-14(27-13-17-11-24-15(2)26-21(17)25-12-20(27)29)18(9-10-19(28)23-3)31-22(30)16-7-5-4-6-8-16/h4-8,11H,9-10,12-13H2,1-3H3,(H,23,28)(H,24,25,26)/b18-14-. The number of hydrogen-bond acceptors (Lipinski definition) is 7. The Morgan fingerprint density at radius 1 is 1.23 bits per heavy atom. The van der Waals surface area contributed by atoms with Crippen molar-refractivity contribution in [3.8, 4) is 0 Å². The number of hydrogen-bond donors (Lipinski definition) is 2. The van der Waals surface area contributed by atoms with Crippen molar-refractivity contribution in [3.05, 3.63) is 64.1 Å². The Bertz CT molecular complexity index is 1020. The van der Waals surface area contributed by atoms with Crippen molar-refractivity contribution in [2.24, 2.45) is 0 Å². The van der Waals surface area contributed by atoms with Gasteiger partial charge in [-0.2, -0.15) is 0 Å². The molecule has 2 heterocycles. The molecule has 162 valence electrons. The lowest BCUT2D eigenvalue weighted by Crippen LogP contribution is -2.32. The first-order chi connectivity index (χ1) is 14.9. The van der Waals surface area contributed by atoms with Gasteiger partial charge in [-0.25, -0.2) is 9.97 Å². The molecular formula is C22H25N5O3S. The Kier molecular flexibility index (Phi) is 7.41. The number of aromatic nitrogens is 2. The van der Waals surface area contributed by atoms with E-state index in [4.69, 9.17) is 0 Å². The van der Waals surface area contributed by atoms with Crippen LogP contribution in [0.5, 0.6) is 0 Å². The number of rotatable bonds is 6. The molecule has 2 aromatic rings. The Morgan fingerprint density at radius 2 is 1.97 bits per heavy atom. The zero-order chi connectivity index (χ0) is 22.4. The minimum Gasteiger partial charge on any atom is -0.361 e. The second-order valence-electron chi connectivity index (χ2n) is 7.06. The molecule has 0 aliphatic carbocycles. The van der Waals surface area contributed by atoms with Gasteiger partial charge in [0.15, 0.2) is 0 Å². The molecule has 0 saturated heterocycles. The highest BCUT2D eigenvalue weighted by Crippen LogP contribution is 2.32. The second-order valence-corrected chi connectivity index (χ2v) is 8.13. The van der Waals surface area contributed by atoms with Gasteiger partial charge in [-0.3, -0.25) is 14.4 Å². The molecule has 1 aromatic carbocycles. The average Bonchev–Trinajstić information content (AvgIpc) is 2.94. The maximum absolute atomic E-state index is 12.9. The van der Waals surface area contributed by atoms with Crippen molar-refractivity contribution in [1.29, 1.82) is 0 Å². The van der Waals surface area contributed by atoms with E-state index in [2.05, 4.69) is 20.6 Å². The van der Waals surface area contributed by atoms with E-state index < -0.39 is 0 Å². The smallest absolute Gasteiger partial charge is 0.246 e. The highest BCUT2D eigenvalue weighted by atomic mass is 32.2. The molecule has 0 spiro atoms. The number of amides is 2. The van der Waals surface area contributed by atoms with Gasteiger partial charge < -0.3 is 15.5 Å². The van der Waals surface area contributed by atoms with E-state index >= 15 is 0 Å². The summed E-state index contributed by atoms with van der Waals surface area (Å²) in [5.74, 6) is 0.986. The van der Waals surface area contributed by atoms with Crippen LogP contribution in [0.3, 0.4) is 0 Å². The number of fused-ring (bicyclic) bond motifs is 1. The van der Waals surface area contributed by atoms with E-state index in [1.807, 2.05) is 13.0 Å². The zero-order valence-corrected chi connectivity index (χ0v) is 18.6. The van der Waals surface area contributed by atoms with E-state index in [1.54, 1.807) is 49.3 Å². The first kappa shape index (κ1) is 22.5. The van der Waals surface area contributed by atoms with Crippen LogP contribution < -0.4 is 10.6 Å². The van der Waals surface area contributed by atoms with Crippen molar-refractivity contribution in [2.75, 3.05) is 18.9 Å². The SMILES string of the molecule is CNC(=O)CC/C(SC(=O)c1ccccc1)=C(\C)N1Cc2cnc(C)nc2NCC1=O. The summed E-state index contributed by atoms with van der Waals surface area (Å²) in [5, 5.41) is 5.53. The van der Waals surface area contributed by atoms with Crippen molar-refractivity contribution in [3.63, 3.8) is 0 Å². The molecule has 1 aliphatic heterocycles. The summed E-state index contributed by atoms with van der Waals surface area (Å²) < 4.78 is 0. The van der Waals surface area contributed by atoms with Crippen molar-refractivity contribution < 1.29 is 14.4 Å². The van der Waals surface area contributed by atoms with Crippen LogP contribution in [0.15, 0.2) is 47.1 Å². The van der Waals surface area contributed by atoms with Gasteiger partial charge in [-0.1, -0.05) is 30.3 Å². The fourth-order valence-electron chi connectivity index (χ4n) is 3.14. The lowest BCUT2D eigenvalue weighted by Gasteiger charge is -2.24. The van der Waals surface area contributed by atoms with Crippen molar-refractivity contribution in [1.82, 2.24) is 20.2 Å². The molecule has 0 unspecified atom stereocenters. The van der Waals surface area contributed by atoms with Crippen molar-refractivity contribution in [2.45, 2.75) is 33.2 Å². The minimum atomic E-state index is -0.140. The molecule has 8 nitrogen and oxygen atoms in total. The molecule has 2 amide bonds. The first-order valence-electron chi connectivity index (χ1n) is 9.93. The number of nitrogens with zero attached hydrogens (tertiary/aromatic N) is 3. The molecular weight excluding hydrogens is 414 g/mol. The van der Waals surface area contributed by atoms with Crippen LogP contribution in [0.2, 0.25) is 0 Å². The van der Waals surface area contributed by atoms with Crippen LogP contribution in [-0.2, 0) is 16.1 Å². The molecule has 0 fully saturated rings. The van der Waals surface area contributed by atoms with Crippen molar-refractivity contribution >= 4 is 34.5 Å². The highest BCUT2D eigenvalue weighted by Gasteiger charge is 2.25. The van der Waals surface area contributed by atoms with E-state index in [0.29, 0.717) is 34.2 Å². The molecule has 31 heavy (non-hydrogen) atoms. The number of anilines is 1. The van der Waals surface area contributed by atoms with Gasteiger partial charge in [0.2, 0.25) is 16.9 Å². The molecule has 0 bridgehead atoms.